The highest BCUT2D eigenvalue weighted by atomic mass is 79.9. The fourth-order valence-electron chi connectivity index (χ4n) is 3.73. The second-order valence-electron chi connectivity index (χ2n) is 8.35. The van der Waals surface area contributed by atoms with Crippen LogP contribution in [-0.2, 0) is 9.53 Å². The maximum absolute atomic E-state index is 12.6. The Morgan fingerprint density at radius 1 is 0.838 bits per heavy atom. The molecule has 0 aliphatic carbocycles. The van der Waals surface area contributed by atoms with Crippen molar-refractivity contribution in [3.63, 3.8) is 0 Å². The van der Waals surface area contributed by atoms with Crippen molar-refractivity contribution in [2.75, 3.05) is 0 Å². The second kappa shape index (κ2) is 10.7. The quantitative estimate of drug-likeness (QED) is 0.131. The Balaban J connectivity index is 1.36. The van der Waals surface area contributed by atoms with Crippen molar-refractivity contribution in [1.82, 2.24) is 0 Å². The van der Waals surface area contributed by atoms with Gasteiger partial charge in [-0.05, 0) is 97.9 Å². The summed E-state index contributed by atoms with van der Waals surface area (Å²) in [7, 11) is 0. The largest absolute Gasteiger partial charge is 0.421 e. The fourth-order valence-corrected chi connectivity index (χ4v) is 5.11. The van der Waals surface area contributed by atoms with Crippen molar-refractivity contribution in [2.24, 2.45) is 4.99 Å². The first kappa shape index (κ1) is 24.9. The molecule has 0 atom stereocenters. The van der Waals surface area contributed by atoms with Gasteiger partial charge in [-0.3, -0.25) is 0 Å². The van der Waals surface area contributed by atoms with Crippen molar-refractivity contribution in [2.45, 2.75) is 6.92 Å². The molecular formula is C30H19Br2NO4. The van der Waals surface area contributed by atoms with Crippen molar-refractivity contribution in [3.8, 4) is 16.9 Å². The van der Waals surface area contributed by atoms with Gasteiger partial charge in [-0.1, -0.05) is 60.2 Å². The van der Waals surface area contributed by atoms with E-state index in [1.807, 2.05) is 73.7 Å². The third-order valence-electron chi connectivity index (χ3n) is 5.67. The van der Waals surface area contributed by atoms with E-state index in [4.69, 9.17) is 9.47 Å². The molecule has 4 aromatic carbocycles. The molecule has 1 heterocycles. The number of halogens is 2. The first-order chi connectivity index (χ1) is 17.9. The van der Waals surface area contributed by atoms with Crippen LogP contribution in [0.1, 0.15) is 27.0 Å². The average Bonchev–Trinajstić information content (AvgIpc) is 3.27. The number of nitrogens with zero attached hydrogens (tertiary/aromatic N) is 1. The number of rotatable bonds is 5. The van der Waals surface area contributed by atoms with Gasteiger partial charge < -0.3 is 9.47 Å². The van der Waals surface area contributed by atoms with E-state index in [9.17, 15) is 9.59 Å². The minimum atomic E-state index is -0.538. The number of esters is 2. The second-order valence-corrected chi connectivity index (χ2v) is 10.1. The highest BCUT2D eigenvalue weighted by Gasteiger charge is 2.24. The van der Waals surface area contributed by atoms with Gasteiger partial charge in [0, 0.05) is 5.56 Å². The number of carbonyl (C=O) groups is 2. The van der Waals surface area contributed by atoms with E-state index in [-0.39, 0.29) is 11.6 Å². The van der Waals surface area contributed by atoms with Gasteiger partial charge in [0.2, 0.25) is 5.90 Å². The molecule has 4 aromatic rings. The monoisotopic (exact) mass is 615 g/mol. The SMILES string of the molecule is Cc1ccc(C(=O)Oc2c(Br)cc(/C=C3\N=C(c4ccc(-c5ccccc5)cc4)OC3=O)cc2Br)cc1. The minimum Gasteiger partial charge on any atom is -0.421 e. The molecule has 0 N–H and O–H groups in total. The molecule has 0 spiro atoms. The molecular weight excluding hydrogens is 598 g/mol. The van der Waals surface area contributed by atoms with E-state index in [2.05, 4.69) is 36.9 Å². The Morgan fingerprint density at radius 3 is 2.08 bits per heavy atom. The summed E-state index contributed by atoms with van der Waals surface area (Å²) < 4.78 is 12.1. The van der Waals surface area contributed by atoms with Crippen LogP contribution in [0.15, 0.2) is 111 Å². The third-order valence-corrected chi connectivity index (χ3v) is 6.84. The van der Waals surface area contributed by atoms with Crippen LogP contribution in [-0.4, -0.2) is 17.8 Å². The highest BCUT2D eigenvalue weighted by molar-refractivity contribution is 9.11. The molecule has 0 bridgehead atoms. The van der Waals surface area contributed by atoms with Crippen molar-refractivity contribution >= 4 is 55.8 Å². The van der Waals surface area contributed by atoms with Gasteiger partial charge in [0.25, 0.3) is 0 Å². The molecule has 0 fully saturated rings. The van der Waals surface area contributed by atoms with E-state index >= 15 is 0 Å². The van der Waals surface area contributed by atoms with Gasteiger partial charge in [-0.2, -0.15) is 0 Å². The number of hydrogen-bond acceptors (Lipinski definition) is 5. The summed E-state index contributed by atoms with van der Waals surface area (Å²) in [5.41, 5.74) is 5.21. The predicted octanol–water partition coefficient (Wildman–Crippen LogP) is 7.75. The predicted molar refractivity (Wildman–Crippen MR) is 150 cm³/mol. The lowest BCUT2D eigenvalue weighted by Gasteiger charge is -2.10. The molecule has 0 saturated carbocycles. The lowest BCUT2D eigenvalue weighted by molar-refractivity contribution is -0.129. The first-order valence-corrected chi connectivity index (χ1v) is 12.9. The molecule has 0 unspecified atom stereocenters. The summed E-state index contributed by atoms with van der Waals surface area (Å²) in [4.78, 5) is 29.5. The molecule has 0 saturated heterocycles. The van der Waals surface area contributed by atoms with Crippen LogP contribution in [0.3, 0.4) is 0 Å². The number of cyclic esters (lactones) is 1. The maximum Gasteiger partial charge on any atom is 0.363 e. The van der Waals surface area contributed by atoms with Crippen molar-refractivity contribution < 1.29 is 19.1 Å². The maximum atomic E-state index is 12.6. The third kappa shape index (κ3) is 5.63. The van der Waals surface area contributed by atoms with Crippen LogP contribution in [0, 0.1) is 6.92 Å². The Kier molecular flexibility index (Phi) is 7.17. The smallest absolute Gasteiger partial charge is 0.363 e. The van der Waals surface area contributed by atoms with Gasteiger partial charge in [0.1, 0.15) is 0 Å². The molecule has 7 heteroatoms. The normalized spacial score (nSPS) is 13.9. The average molecular weight is 617 g/mol. The van der Waals surface area contributed by atoms with E-state index in [1.54, 1.807) is 30.3 Å². The van der Waals surface area contributed by atoms with Gasteiger partial charge in [-0.15, -0.1) is 0 Å². The molecule has 37 heavy (non-hydrogen) atoms. The Hall–Kier alpha value is -3.81. The van der Waals surface area contributed by atoms with Crippen LogP contribution in [0.5, 0.6) is 5.75 Å². The van der Waals surface area contributed by atoms with Gasteiger partial charge in [0.05, 0.1) is 14.5 Å². The number of ether oxygens (including phenoxy) is 2. The number of aryl methyl sites for hydroxylation is 1. The summed E-state index contributed by atoms with van der Waals surface area (Å²) in [6, 6.07) is 28.3. The Bertz CT molecular complexity index is 1530. The van der Waals surface area contributed by atoms with Crippen LogP contribution < -0.4 is 4.74 Å². The summed E-state index contributed by atoms with van der Waals surface area (Å²) in [5.74, 6) is -0.425. The standard InChI is InChI=1S/C30H19Br2NO4/c1-18-7-9-23(10-8-18)29(34)36-27-24(31)15-19(16-25(27)32)17-26-30(35)37-28(33-26)22-13-11-21(12-14-22)20-5-3-2-4-6-20/h2-17H,1H3/b26-17-. The summed E-state index contributed by atoms with van der Waals surface area (Å²) in [6.45, 7) is 1.95. The highest BCUT2D eigenvalue weighted by Crippen LogP contribution is 2.36. The van der Waals surface area contributed by atoms with Crippen molar-refractivity contribution in [1.29, 1.82) is 0 Å². The van der Waals surface area contributed by atoms with Gasteiger partial charge in [-0.25, -0.2) is 14.6 Å². The number of hydrogen-bond donors (Lipinski definition) is 0. The van der Waals surface area contributed by atoms with Crippen LogP contribution in [0.2, 0.25) is 0 Å². The zero-order valence-electron chi connectivity index (χ0n) is 19.6. The zero-order chi connectivity index (χ0) is 25.9. The molecule has 182 valence electrons. The summed E-state index contributed by atoms with van der Waals surface area (Å²) in [6.07, 6.45) is 1.62. The Labute approximate surface area is 230 Å². The molecule has 5 rings (SSSR count). The fraction of sp³-hybridized carbons (Fsp3) is 0.0333. The number of carbonyl (C=O) groups excluding carboxylic acids is 2. The van der Waals surface area contributed by atoms with Gasteiger partial charge >= 0.3 is 11.9 Å². The molecule has 1 aliphatic rings. The molecule has 1 aliphatic heterocycles. The van der Waals surface area contributed by atoms with E-state index in [0.717, 1.165) is 16.7 Å². The van der Waals surface area contributed by atoms with Crippen LogP contribution in [0.4, 0.5) is 0 Å². The lowest BCUT2D eigenvalue weighted by atomic mass is 10.0. The summed E-state index contributed by atoms with van der Waals surface area (Å²) in [5, 5.41) is 0. The van der Waals surface area contributed by atoms with Crippen LogP contribution >= 0.6 is 31.9 Å². The first-order valence-electron chi connectivity index (χ1n) is 11.3. The topological polar surface area (TPSA) is 65.0 Å². The van der Waals surface area contributed by atoms with Crippen molar-refractivity contribution in [3.05, 3.63) is 128 Å². The Morgan fingerprint density at radius 2 is 1.43 bits per heavy atom. The van der Waals surface area contributed by atoms with E-state index in [0.29, 0.717) is 31.4 Å². The molecule has 0 aromatic heterocycles. The zero-order valence-corrected chi connectivity index (χ0v) is 22.7. The molecule has 5 nitrogen and oxygen atoms in total. The van der Waals surface area contributed by atoms with Gasteiger partial charge in [0.15, 0.2) is 11.4 Å². The molecule has 0 radical (unpaired) electrons. The number of aliphatic imine (C=N–C) groups is 1. The molecule has 0 amide bonds. The van der Waals surface area contributed by atoms with E-state index in [1.165, 1.54) is 0 Å². The van der Waals surface area contributed by atoms with Crippen LogP contribution in [0.25, 0.3) is 17.2 Å². The van der Waals surface area contributed by atoms with E-state index < -0.39 is 11.9 Å². The summed E-state index contributed by atoms with van der Waals surface area (Å²) >= 11 is 6.92. The minimum absolute atomic E-state index is 0.172. The number of benzene rings is 4. The lowest BCUT2D eigenvalue weighted by Crippen LogP contribution is -2.09.